The van der Waals surface area contributed by atoms with Crippen LogP contribution in [-0.4, -0.2) is 60.5 Å². The lowest BCUT2D eigenvalue weighted by Crippen LogP contribution is -2.41. The Bertz CT molecular complexity index is 1920. The van der Waals surface area contributed by atoms with E-state index in [1.54, 1.807) is 7.11 Å². The van der Waals surface area contributed by atoms with E-state index < -0.39 is 0 Å². The van der Waals surface area contributed by atoms with Crippen molar-refractivity contribution in [3.05, 3.63) is 92.4 Å². The van der Waals surface area contributed by atoms with E-state index >= 15 is 0 Å². The third kappa shape index (κ3) is 7.16. The van der Waals surface area contributed by atoms with Gasteiger partial charge in [-0.1, -0.05) is 89.4 Å². The fourth-order valence-electron chi connectivity index (χ4n) is 7.17. The van der Waals surface area contributed by atoms with E-state index in [1.165, 1.54) is 5.56 Å². The molecule has 11 heteroatoms. The molecular weight excluding hydrogens is 681 g/mol. The average Bonchev–Trinajstić information content (AvgIpc) is 3.72. The number of methoxy groups -OCH3 is 1. The molecule has 49 heavy (non-hydrogen) atoms. The van der Waals surface area contributed by atoms with E-state index in [9.17, 15) is 9.59 Å². The highest BCUT2D eigenvalue weighted by molar-refractivity contribution is 6.40. The molecule has 0 bridgehead atoms. The summed E-state index contributed by atoms with van der Waals surface area (Å²) >= 11 is 21.5. The molecule has 0 radical (unpaired) electrons. The number of halogens is 3. The molecule has 1 aromatic heterocycles. The first-order valence-corrected chi connectivity index (χ1v) is 17.9. The summed E-state index contributed by atoms with van der Waals surface area (Å²) in [5.74, 6) is 0.745. The summed E-state index contributed by atoms with van der Waals surface area (Å²) in [4.78, 5) is 30.5. The molecule has 0 saturated carbocycles. The van der Waals surface area contributed by atoms with Crippen molar-refractivity contribution in [2.75, 3.05) is 26.7 Å². The molecule has 254 valence electrons. The van der Waals surface area contributed by atoms with Crippen LogP contribution < -0.4 is 20.7 Å². The van der Waals surface area contributed by atoms with E-state index in [4.69, 9.17) is 44.5 Å². The van der Waals surface area contributed by atoms with Gasteiger partial charge in [0.1, 0.15) is 0 Å². The summed E-state index contributed by atoms with van der Waals surface area (Å²) in [6.07, 6.45) is 3.79. The number of pyridine rings is 1. The minimum absolute atomic E-state index is 0.102. The molecule has 2 atom stereocenters. The lowest BCUT2D eigenvalue weighted by molar-refractivity contribution is -0.120. The maximum atomic E-state index is 11.7. The molecule has 0 aliphatic carbocycles. The Labute approximate surface area is 301 Å². The summed E-state index contributed by atoms with van der Waals surface area (Å²) < 4.78 is 5.66. The summed E-state index contributed by atoms with van der Waals surface area (Å²) in [6, 6.07) is 20.3. The van der Waals surface area contributed by atoms with Crippen molar-refractivity contribution in [3.8, 4) is 39.4 Å². The minimum atomic E-state index is 0.102. The van der Waals surface area contributed by atoms with Crippen molar-refractivity contribution < 1.29 is 14.3 Å². The highest BCUT2D eigenvalue weighted by Gasteiger charge is 2.27. The molecule has 8 nitrogen and oxygen atoms in total. The molecule has 3 aliphatic heterocycles. The van der Waals surface area contributed by atoms with Gasteiger partial charge in [-0.25, -0.2) is 4.98 Å². The van der Waals surface area contributed by atoms with Crippen molar-refractivity contribution in [1.29, 1.82) is 0 Å². The van der Waals surface area contributed by atoms with Crippen LogP contribution >= 0.6 is 34.8 Å². The van der Waals surface area contributed by atoms with Crippen LogP contribution in [0.25, 0.3) is 33.5 Å². The van der Waals surface area contributed by atoms with Gasteiger partial charge < -0.3 is 20.7 Å². The fourth-order valence-corrected chi connectivity index (χ4v) is 8.17. The van der Waals surface area contributed by atoms with Crippen molar-refractivity contribution in [2.45, 2.75) is 57.3 Å². The Hall–Kier alpha value is -3.66. The molecule has 2 saturated heterocycles. The number of carbonyl (C=O) groups excluding carboxylic acids is 2. The van der Waals surface area contributed by atoms with Gasteiger partial charge in [-0.3, -0.25) is 14.5 Å². The predicted molar refractivity (Wildman–Crippen MR) is 195 cm³/mol. The Balaban J connectivity index is 1.13. The Morgan fingerprint density at radius 1 is 0.796 bits per heavy atom. The lowest BCUT2D eigenvalue weighted by Gasteiger charge is -2.32. The highest BCUT2D eigenvalue weighted by atomic mass is 35.5. The molecule has 3 aromatic carbocycles. The second-order valence-electron chi connectivity index (χ2n) is 13.0. The van der Waals surface area contributed by atoms with Gasteiger partial charge in [0, 0.05) is 91.0 Å². The van der Waals surface area contributed by atoms with Gasteiger partial charge in [0.25, 0.3) is 0 Å². The number of hydrogen-bond donors (Lipinski definition) is 3. The average molecular weight is 719 g/mol. The maximum absolute atomic E-state index is 11.7. The lowest BCUT2D eigenvalue weighted by atomic mass is 9.92. The summed E-state index contributed by atoms with van der Waals surface area (Å²) in [7, 11) is 1.61. The first kappa shape index (κ1) is 33.8. The number of ether oxygens (including phenoxy) is 1. The standard InChI is InChI=1S/C38H38Cl3N5O3/c1-49-38-23(18-42-19-24-10-14-33(47)43-24)9-13-32(45-38)30-7-3-6-27(36(30)40)26-4-2-5-28(35(26)39)29-12-8-22-16-17-46(21-31(22)37(29)41)20-25-11-15-34(48)44-25/h2-9,12-13,24-25,42H,10-11,14-21H2,1H3,(H,43,47)(H,44,48)/t24-,25+/m0/s1. The van der Waals surface area contributed by atoms with E-state index in [-0.39, 0.29) is 23.9 Å². The van der Waals surface area contributed by atoms with E-state index in [0.717, 1.165) is 77.8 Å². The van der Waals surface area contributed by atoms with Crippen LogP contribution in [0.5, 0.6) is 5.88 Å². The number of nitrogens with zero attached hydrogens (tertiary/aromatic N) is 2. The fraction of sp³-hybridized carbons (Fsp3) is 0.342. The summed E-state index contributed by atoms with van der Waals surface area (Å²) in [6.45, 7) is 3.71. The second kappa shape index (κ2) is 14.7. The molecule has 0 spiro atoms. The number of amides is 2. The predicted octanol–water partition coefficient (Wildman–Crippen LogP) is 7.06. The molecule has 3 N–H and O–H groups in total. The van der Waals surface area contributed by atoms with E-state index in [0.29, 0.717) is 52.6 Å². The summed E-state index contributed by atoms with van der Waals surface area (Å²) in [5.41, 5.74) is 8.01. The van der Waals surface area contributed by atoms with Gasteiger partial charge >= 0.3 is 0 Å². The topological polar surface area (TPSA) is 95.6 Å². The zero-order chi connectivity index (χ0) is 34.1. The van der Waals surface area contributed by atoms with Crippen molar-refractivity contribution >= 4 is 46.6 Å². The molecular formula is C38H38Cl3N5O3. The third-order valence-electron chi connectivity index (χ3n) is 9.76. The molecule has 0 unspecified atom stereocenters. The van der Waals surface area contributed by atoms with Crippen LogP contribution in [0.15, 0.2) is 60.7 Å². The second-order valence-corrected chi connectivity index (χ2v) is 14.1. The number of aromatic nitrogens is 1. The van der Waals surface area contributed by atoms with Crippen LogP contribution in [0.1, 0.15) is 42.4 Å². The molecule has 4 aromatic rings. The van der Waals surface area contributed by atoms with Gasteiger partial charge in [-0.15, -0.1) is 0 Å². The first-order chi connectivity index (χ1) is 23.8. The zero-order valence-electron chi connectivity index (χ0n) is 27.3. The smallest absolute Gasteiger partial charge is 0.220 e. The van der Waals surface area contributed by atoms with Crippen LogP contribution in [0.3, 0.4) is 0 Å². The zero-order valence-corrected chi connectivity index (χ0v) is 29.5. The van der Waals surface area contributed by atoms with Gasteiger partial charge in [0.05, 0.1) is 27.9 Å². The largest absolute Gasteiger partial charge is 0.481 e. The molecule has 2 fully saturated rings. The summed E-state index contributed by atoms with van der Waals surface area (Å²) in [5, 5.41) is 11.3. The number of carbonyl (C=O) groups is 2. The van der Waals surface area contributed by atoms with Crippen LogP contribution in [0.2, 0.25) is 15.1 Å². The monoisotopic (exact) mass is 717 g/mol. The Morgan fingerprint density at radius 2 is 1.43 bits per heavy atom. The van der Waals surface area contributed by atoms with Crippen LogP contribution in [0, 0.1) is 0 Å². The molecule has 3 aliphatic rings. The number of fused-ring (bicyclic) bond motifs is 1. The van der Waals surface area contributed by atoms with Crippen LogP contribution in [0.4, 0.5) is 0 Å². The van der Waals surface area contributed by atoms with Crippen molar-refractivity contribution in [1.82, 2.24) is 25.8 Å². The van der Waals surface area contributed by atoms with E-state index in [1.807, 2.05) is 48.5 Å². The van der Waals surface area contributed by atoms with Crippen molar-refractivity contribution in [3.63, 3.8) is 0 Å². The number of rotatable bonds is 10. The number of hydrogen-bond acceptors (Lipinski definition) is 6. The Morgan fingerprint density at radius 3 is 2.08 bits per heavy atom. The minimum Gasteiger partial charge on any atom is -0.481 e. The molecule has 4 heterocycles. The first-order valence-electron chi connectivity index (χ1n) is 16.7. The maximum Gasteiger partial charge on any atom is 0.220 e. The van der Waals surface area contributed by atoms with Gasteiger partial charge in [0.15, 0.2) is 0 Å². The van der Waals surface area contributed by atoms with Gasteiger partial charge in [-0.05, 0) is 36.5 Å². The molecule has 2 amide bonds. The highest BCUT2D eigenvalue weighted by Crippen LogP contribution is 2.45. The number of benzene rings is 3. The SMILES string of the molecule is COc1nc(-c2cccc(-c3cccc(-c4ccc5c(c4Cl)CN(C[C@H]4CCC(=O)N4)CC5)c3Cl)c2Cl)ccc1CNC[C@@H]1CCC(=O)N1. The van der Waals surface area contributed by atoms with Gasteiger partial charge in [-0.2, -0.15) is 0 Å². The third-order valence-corrected chi connectivity index (χ3v) is 11.0. The Kier molecular flexibility index (Phi) is 10.1. The quantitative estimate of drug-likeness (QED) is 0.163. The van der Waals surface area contributed by atoms with Crippen molar-refractivity contribution in [2.24, 2.45) is 0 Å². The van der Waals surface area contributed by atoms with E-state index in [2.05, 4.69) is 33.0 Å². The normalized spacial score (nSPS) is 19.1. The number of nitrogens with one attached hydrogen (secondary N) is 3. The molecule has 7 rings (SSSR count). The van der Waals surface area contributed by atoms with Gasteiger partial charge in [0.2, 0.25) is 17.7 Å². The van der Waals surface area contributed by atoms with Crippen LogP contribution in [-0.2, 0) is 29.1 Å².